The summed E-state index contributed by atoms with van der Waals surface area (Å²) in [5.74, 6) is -0.370. The maximum atomic E-state index is 11.8. The molecular formula is C17H17N3O4. The number of nitro groups is 1. The van der Waals surface area contributed by atoms with Crippen LogP contribution in [-0.4, -0.2) is 23.2 Å². The highest BCUT2D eigenvalue weighted by molar-refractivity contribution is 6.09. The lowest BCUT2D eigenvalue weighted by Gasteiger charge is -2.08. The minimum atomic E-state index is -0.469. The van der Waals surface area contributed by atoms with Crippen LogP contribution in [0, 0.1) is 10.1 Å². The molecule has 0 heterocycles. The molecule has 24 heavy (non-hydrogen) atoms. The average Bonchev–Trinajstić information content (AvgIpc) is 2.60. The van der Waals surface area contributed by atoms with E-state index in [1.54, 1.807) is 19.1 Å². The molecule has 0 bridgehead atoms. The molecule has 7 nitrogen and oxygen atoms in total. The summed E-state index contributed by atoms with van der Waals surface area (Å²) in [7, 11) is 0. The van der Waals surface area contributed by atoms with Gasteiger partial charge >= 0.3 is 5.97 Å². The topological polar surface area (TPSA) is 93.8 Å². The fourth-order valence-corrected chi connectivity index (χ4v) is 1.98. The number of hydrogen-bond acceptors (Lipinski definition) is 6. The third kappa shape index (κ3) is 4.91. The first-order chi connectivity index (χ1) is 11.6. The number of nitrogens with zero attached hydrogens (tertiary/aromatic N) is 2. The van der Waals surface area contributed by atoms with Gasteiger partial charge in [0.1, 0.15) is 0 Å². The smallest absolute Gasteiger partial charge is 0.311 e. The summed E-state index contributed by atoms with van der Waals surface area (Å²) in [6, 6.07) is 15.1. The van der Waals surface area contributed by atoms with Gasteiger partial charge in [-0.25, -0.2) is 0 Å². The van der Waals surface area contributed by atoms with Crippen LogP contribution < -0.4 is 5.43 Å². The number of benzene rings is 2. The van der Waals surface area contributed by atoms with Crippen molar-refractivity contribution in [1.29, 1.82) is 0 Å². The Morgan fingerprint density at radius 3 is 2.42 bits per heavy atom. The Hall–Kier alpha value is -3.22. The summed E-state index contributed by atoms with van der Waals surface area (Å²) in [5.41, 5.74) is 4.71. The molecule has 0 aromatic heterocycles. The fourth-order valence-electron chi connectivity index (χ4n) is 1.98. The number of hydrazone groups is 1. The van der Waals surface area contributed by atoms with E-state index < -0.39 is 4.92 Å². The molecular weight excluding hydrogens is 310 g/mol. The summed E-state index contributed by atoms with van der Waals surface area (Å²) < 4.78 is 4.97. The van der Waals surface area contributed by atoms with Gasteiger partial charge in [-0.3, -0.25) is 20.3 Å². The molecule has 7 heteroatoms. The number of carbonyl (C=O) groups excluding carboxylic acids is 1. The van der Waals surface area contributed by atoms with Gasteiger partial charge in [0.05, 0.1) is 29.4 Å². The Morgan fingerprint density at radius 1 is 1.17 bits per heavy atom. The number of rotatable bonds is 7. The normalized spacial score (nSPS) is 11.0. The van der Waals surface area contributed by atoms with Crippen molar-refractivity contribution in [3.05, 3.63) is 70.3 Å². The molecule has 124 valence electrons. The Morgan fingerprint density at radius 2 is 1.83 bits per heavy atom. The quantitative estimate of drug-likeness (QED) is 0.364. The highest BCUT2D eigenvalue weighted by Crippen LogP contribution is 2.16. The standard InChI is InChI=1S/C17H17N3O4/c1-2-24-17(21)12-16(13-6-4-3-5-7-13)19-18-14-8-10-15(11-9-14)20(22)23/h3-11,18H,2,12H2,1H3/b19-16-. The molecule has 2 aromatic carbocycles. The molecule has 0 unspecified atom stereocenters. The molecule has 0 saturated heterocycles. The summed E-state index contributed by atoms with van der Waals surface area (Å²) >= 11 is 0. The molecule has 2 aromatic rings. The highest BCUT2D eigenvalue weighted by atomic mass is 16.6. The van der Waals surface area contributed by atoms with Crippen LogP contribution in [-0.2, 0) is 9.53 Å². The van der Waals surface area contributed by atoms with Crippen LogP contribution in [0.3, 0.4) is 0 Å². The van der Waals surface area contributed by atoms with Gasteiger partial charge in [-0.05, 0) is 24.6 Å². The van der Waals surface area contributed by atoms with Crippen molar-refractivity contribution in [1.82, 2.24) is 0 Å². The van der Waals surface area contributed by atoms with Crippen LogP contribution in [0.1, 0.15) is 18.9 Å². The number of hydrogen-bond donors (Lipinski definition) is 1. The van der Waals surface area contributed by atoms with Crippen molar-refractivity contribution >= 4 is 23.1 Å². The van der Waals surface area contributed by atoms with Crippen molar-refractivity contribution in [3.63, 3.8) is 0 Å². The Labute approximate surface area is 139 Å². The molecule has 2 rings (SSSR count). The van der Waals surface area contributed by atoms with Gasteiger partial charge in [0.2, 0.25) is 0 Å². The third-order valence-electron chi connectivity index (χ3n) is 3.12. The van der Waals surface area contributed by atoms with E-state index in [9.17, 15) is 14.9 Å². The number of anilines is 1. The van der Waals surface area contributed by atoms with Gasteiger partial charge < -0.3 is 4.74 Å². The molecule has 0 atom stereocenters. The number of esters is 1. The molecule has 0 saturated carbocycles. The van der Waals surface area contributed by atoms with Crippen molar-refractivity contribution in [2.24, 2.45) is 5.10 Å². The van der Waals surface area contributed by atoms with E-state index in [2.05, 4.69) is 10.5 Å². The largest absolute Gasteiger partial charge is 0.466 e. The Bertz CT molecular complexity index is 727. The zero-order valence-electron chi connectivity index (χ0n) is 13.1. The summed E-state index contributed by atoms with van der Waals surface area (Å²) in [6.07, 6.45) is 0.0256. The van der Waals surface area contributed by atoms with Gasteiger partial charge in [0.15, 0.2) is 0 Å². The van der Waals surface area contributed by atoms with E-state index >= 15 is 0 Å². The third-order valence-corrected chi connectivity index (χ3v) is 3.12. The Balaban J connectivity index is 2.18. The molecule has 0 spiro atoms. The number of nitro benzene ring substituents is 1. The van der Waals surface area contributed by atoms with E-state index in [1.807, 2.05) is 30.3 Å². The molecule has 1 N–H and O–H groups in total. The van der Waals surface area contributed by atoms with Crippen molar-refractivity contribution in [2.75, 3.05) is 12.0 Å². The van der Waals surface area contributed by atoms with Crippen LogP contribution in [0.2, 0.25) is 0 Å². The van der Waals surface area contributed by atoms with E-state index in [4.69, 9.17) is 4.74 Å². The summed E-state index contributed by atoms with van der Waals surface area (Å²) in [6.45, 7) is 2.04. The van der Waals surface area contributed by atoms with Crippen LogP contribution in [0.15, 0.2) is 59.7 Å². The number of ether oxygens (including phenoxy) is 1. The van der Waals surface area contributed by atoms with Crippen LogP contribution in [0.25, 0.3) is 0 Å². The maximum Gasteiger partial charge on any atom is 0.311 e. The molecule has 0 radical (unpaired) electrons. The van der Waals surface area contributed by atoms with Gasteiger partial charge in [0.25, 0.3) is 5.69 Å². The van der Waals surface area contributed by atoms with Gasteiger partial charge in [0, 0.05) is 12.1 Å². The monoisotopic (exact) mass is 327 g/mol. The van der Waals surface area contributed by atoms with Gasteiger partial charge in [-0.15, -0.1) is 0 Å². The van der Waals surface area contributed by atoms with Crippen LogP contribution in [0.5, 0.6) is 0 Å². The predicted molar refractivity (Wildman–Crippen MR) is 90.9 cm³/mol. The van der Waals surface area contributed by atoms with Crippen molar-refractivity contribution in [2.45, 2.75) is 13.3 Å². The summed E-state index contributed by atoms with van der Waals surface area (Å²) in [4.78, 5) is 21.9. The zero-order chi connectivity index (χ0) is 17.4. The number of carbonyl (C=O) groups is 1. The van der Waals surface area contributed by atoms with Gasteiger partial charge in [-0.1, -0.05) is 30.3 Å². The predicted octanol–water partition coefficient (Wildman–Crippen LogP) is 3.36. The SMILES string of the molecule is CCOC(=O)C/C(=N/Nc1ccc([N+](=O)[O-])cc1)c1ccccc1. The van der Waals surface area contributed by atoms with E-state index in [0.29, 0.717) is 18.0 Å². The van der Waals surface area contributed by atoms with E-state index in [1.165, 1.54) is 12.1 Å². The molecule has 0 amide bonds. The van der Waals surface area contributed by atoms with E-state index in [-0.39, 0.29) is 18.1 Å². The first-order valence-electron chi connectivity index (χ1n) is 7.38. The van der Waals surface area contributed by atoms with E-state index in [0.717, 1.165) is 5.56 Å². The molecule has 0 aliphatic heterocycles. The van der Waals surface area contributed by atoms with Crippen LogP contribution >= 0.6 is 0 Å². The fraction of sp³-hybridized carbons (Fsp3) is 0.176. The number of nitrogens with one attached hydrogen (secondary N) is 1. The van der Waals surface area contributed by atoms with Crippen molar-refractivity contribution < 1.29 is 14.5 Å². The first kappa shape index (κ1) is 17.1. The second-order valence-electron chi connectivity index (χ2n) is 4.82. The molecule has 0 aliphatic carbocycles. The molecule has 0 fully saturated rings. The average molecular weight is 327 g/mol. The van der Waals surface area contributed by atoms with Crippen molar-refractivity contribution in [3.8, 4) is 0 Å². The first-order valence-corrected chi connectivity index (χ1v) is 7.38. The van der Waals surface area contributed by atoms with Crippen LogP contribution in [0.4, 0.5) is 11.4 Å². The zero-order valence-corrected chi connectivity index (χ0v) is 13.1. The lowest BCUT2D eigenvalue weighted by molar-refractivity contribution is -0.384. The summed E-state index contributed by atoms with van der Waals surface area (Å²) in [5, 5.41) is 14.9. The lowest BCUT2D eigenvalue weighted by atomic mass is 10.1. The maximum absolute atomic E-state index is 11.8. The number of non-ortho nitro benzene ring substituents is 1. The minimum absolute atomic E-state index is 0.000615. The Kier molecular flexibility index (Phi) is 6.01. The van der Waals surface area contributed by atoms with Gasteiger partial charge in [-0.2, -0.15) is 5.10 Å². The second-order valence-corrected chi connectivity index (χ2v) is 4.82. The highest BCUT2D eigenvalue weighted by Gasteiger charge is 2.11. The lowest BCUT2D eigenvalue weighted by Crippen LogP contribution is -2.13. The molecule has 0 aliphatic rings. The minimum Gasteiger partial charge on any atom is -0.466 e. The second kappa shape index (κ2) is 8.42.